The number of carbonyl (C=O) groups is 3. The molecule has 0 bridgehead atoms. The van der Waals surface area contributed by atoms with Crippen molar-refractivity contribution in [3.8, 4) is 0 Å². The van der Waals surface area contributed by atoms with Gasteiger partial charge in [0.15, 0.2) is 6.04 Å². The Kier molecular flexibility index (Phi) is 4.57. The van der Waals surface area contributed by atoms with Crippen molar-refractivity contribution >= 4 is 17.8 Å². The van der Waals surface area contributed by atoms with Gasteiger partial charge < -0.3 is 15.3 Å². The summed E-state index contributed by atoms with van der Waals surface area (Å²) < 4.78 is 0. The zero-order valence-electron chi connectivity index (χ0n) is 11.8. The Bertz CT molecular complexity index is 544. The molecule has 6 heteroatoms. The summed E-state index contributed by atoms with van der Waals surface area (Å²) in [6.45, 7) is 0.514. The van der Waals surface area contributed by atoms with E-state index in [-0.39, 0.29) is 18.2 Å². The molecule has 1 aromatic rings. The van der Waals surface area contributed by atoms with Crippen LogP contribution in [0.2, 0.25) is 0 Å². The van der Waals surface area contributed by atoms with E-state index in [4.69, 9.17) is 0 Å². The van der Waals surface area contributed by atoms with E-state index in [1.54, 1.807) is 42.3 Å². The maximum Gasteiger partial charge on any atom is 0.330 e. The van der Waals surface area contributed by atoms with E-state index in [0.29, 0.717) is 18.5 Å². The first-order valence-corrected chi connectivity index (χ1v) is 6.81. The SMILES string of the molecule is CN1CC[C@H](C(=O)N[C@@H](C(=O)O)c2ccccc2)CC1=O. The van der Waals surface area contributed by atoms with Gasteiger partial charge in [0.25, 0.3) is 0 Å². The number of carbonyl (C=O) groups excluding carboxylic acids is 2. The number of benzene rings is 1. The maximum atomic E-state index is 12.2. The summed E-state index contributed by atoms with van der Waals surface area (Å²) in [6, 6.07) is 7.43. The van der Waals surface area contributed by atoms with Crippen LogP contribution in [0.3, 0.4) is 0 Å². The minimum absolute atomic E-state index is 0.0898. The minimum atomic E-state index is -1.12. The lowest BCUT2D eigenvalue weighted by Gasteiger charge is -2.28. The van der Waals surface area contributed by atoms with Gasteiger partial charge in [-0.3, -0.25) is 9.59 Å². The Labute approximate surface area is 122 Å². The van der Waals surface area contributed by atoms with Gasteiger partial charge in [0.2, 0.25) is 11.8 Å². The van der Waals surface area contributed by atoms with E-state index in [2.05, 4.69) is 5.32 Å². The van der Waals surface area contributed by atoms with Crippen molar-refractivity contribution in [3.05, 3.63) is 35.9 Å². The summed E-state index contributed by atoms with van der Waals surface area (Å²) in [4.78, 5) is 36.7. The molecule has 0 spiro atoms. The lowest BCUT2D eigenvalue weighted by Crippen LogP contribution is -2.44. The van der Waals surface area contributed by atoms with Crippen LogP contribution in [0.5, 0.6) is 0 Å². The largest absolute Gasteiger partial charge is 0.479 e. The minimum Gasteiger partial charge on any atom is -0.479 e. The van der Waals surface area contributed by atoms with Gasteiger partial charge in [-0.15, -0.1) is 0 Å². The average molecular weight is 290 g/mol. The van der Waals surface area contributed by atoms with Crippen LogP contribution in [-0.2, 0) is 14.4 Å². The first kappa shape index (κ1) is 15.0. The van der Waals surface area contributed by atoms with Gasteiger partial charge >= 0.3 is 5.97 Å². The predicted octanol–water partition coefficient (Wildman–Crippen LogP) is 0.797. The number of likely N-dealkylation sites (tertiary alicyclic amines) is 1. The molecule has 1 saturated heterocycles. The monoisotopic (exact) mass is 290 g/mol. The second-order valence-corrected chi connectivity index (χ2v) is 5.20. The molecular weight excluding hydrogens is 272 g/mol. The molecule has 0 radical (unpaired) electrons. The zero-order chi connectivity index (χ0) is 15.4. The van der Waals surface area contributed by atoms with Crippen molar-refractivity contribution in [3.63, 3.8) is 0 Å². The van der Waals surface area contributed by atoms with Crippen LogP contribution in [0.15, 0.2) is 30.3 Å². The first-order chi connectivity index (χ1) is 9.99. The van der Waals surface area contributed by atoms with Crippen LogP contribution in [0.25, 0.3) is 0 Å². The highest BCUT2D eigenvalue weighted by atomic mass is 16.4. The van der Waals surface area contributed by atoms with Crippen LogP contribution in [-0.4, -0.2) is 41.4 Å². The molecule has 2 atom stereocenters. The van der Waals surface area contributed by atoms with Crippen LogP contribution in [0.1, 0.15) is 24.4 Å². The molecule has 6 nitrogen and oxygen atoms in total. The lowest BCUT2D eigenvalue weighted by molar-refractivity contribution is -0.144. The molecule has 112 valence electrons. The van der Waals surface area contributed by atoms with Crippen LogP contribution >= 0.6 is 0 Å². The van der Waals surface area contributed by atoms with Gasteiger partial charge in [0.05, 0.1) is 0 Å². The molecule has 1 aromatic carbocycles. The Balaban J connectivity index is 2.06. The number of carboxylic acid groups (broad SMARTS) is 1. The van der Waals surface area contributed by atoms with Gasteiger partial charge in [-0.25, -0.2) is 4.79 Å². The third-order valence-electron chi connectivity index (χ3n) is 3.70. The van der Waals surface area contributed by atoms with Gasteiger partial charge in [0.1, 0.15) is 0 Å². The second kappa shape index (κ2) is 6.39. The number of hydrogen-bond donors (Lipinski definition) is 2. The summed E-state index contributed by atoms with van der Waals surface area (Å²) >= 11 is 0. The predicted molar refractivity (Wildman–Crippen MR) is 75.3 cm³/mol. The van der Waals surface area contributed by atoms with Crippen molar-refractivity contribution < 1.29 is 19.5 Å². The van der Waals surface area contributed by atoms with Crippen molar-refractivity contribution in [2.45, 2.75) is 18.9 Å². The fourth-order valence-corrected chi connectivity index (χ4v) is 2.36. The zero-order valence-corrected chi connectivity index (χ0v) is 11.8. The average Bonchev–Trinajstić information content (AvgIpc) is 2.48. The highest BCUT2D eigenvalue weighted by Gasteiger charge is 2.31. The smallest absolute Gasteiger partial charge is 0.330 e. The Morgan fingerprint density at radius 2 is 2.00 bits per heavy atom. The normalized spacial score (nSPS) is 20.0. The molecule has 1 aliphatic heterocycles. The fraction of sp³-hybridized carbons (Fsp3) is 0.400. The van der Waals surface area contributed by atoms with E-state index >= 15 is 0 Å². The molecule has 1 aliphatic rings. The molecule has 2 rings (SSSR count). The number of nitrogens with one attached hydrogen (secondary N) is 1. The number of amides is 2. The van der Waals surface area contributed by atoms with E-state index in [1.165, 1.54) is 0 Å². The number of piperidine rings is 1. The van der Waals surface area contributed by atoms with Gasteiger partial charge in [-0.05, 0) is 12.0 Å². The lowest BCUT2D eigenvalue weighted by atomic mass is 9.95. The summed E-state index contributed by atoms with van der Waals surface area (Å²) in [7, 11) is 1.69. The van der Waals surface area contributed by atoms with Crippen molar-refractivity contribution in [2.75, 3.05) is 13.6 Å². The molecule has 1 fully saturated rings. The van der Waals surface area contributed by atoms with Gasteiger partial charge in [-0.2, -0.15) is 0 Å². The van der Waals surface area contributed by atoms with E-state index in [1.807, 2.05) is 0 Å². The number of rotatable bonds is 4. The molecule has 2 amide bonds. The van der Waals surface area contributed by atoms with Gasteiger partial charge in [0, 0.05) is 25.9 Å². The van der Waals surface area contributed by atoms with E-state index in [9.17, 15) is 19.5 Å². The molecule has 1 heterocycles. The highest BCUT2D eigenvalue weighted by molar-refractivity contribution is 5.89. The summed E-state index contributed by atoms with van der Waals surface area (Å²) in [6.07, 6.45) is 0.679. The maximum absolute atomic E-state index is 12.2. The Morgan fingerprint density at radius 3 is 2.57 bits per heavy atom. The molecule has 21 heavy (non-hydrogen) atoms. The molecule has 0 aliphatic carbocycles. The molecule has 2 N–H and O–H groups in total. The first-order valence-electron chi connectivity index (χ1n) is 6.81. The van der Waals surface area contributed by atoms with Crippen LogP contribution < -0.4 is 5.32 Å². The number of hydrogen-bond acceptors (Lipinski definition) is 3. The standard InChI is InChI=1S/C15H18N2O4/c1-17-8-7-11(9-12(17)18)14(19)16-13(15(20)21)10-5-3-2-4-6-10/h2-6,11,13H,7-9H2,1H3,(H,16,19)(H,20,21)/t11-,13+/m0/s1. The quantitative estimate of drug-likeness (QED) is 0.858. The molecule has 0 aromatic heterocycles. The van der Waals surface area contributed by atoms with E-state index in [0.717, 1.165) is 0 Å². The second-order valence-electron chi connectivity index (χ2n) is 5.20. The van der Waals surface area contributed by atoms with E-state index < -0.39 is 17.9 Å². The van der Waals surface area contributed by atoms with Crippen LogP contribution in [0, 0.1) is 5.92 Å². The third-order valence-corrected chi connectivity index (χ3v) is 3.70. The highest BCUT2D eigenvalue weighted by Crippen LogP contribution is 2.20. The number of carboxylic acids is 1. The van der Waals surface area contributed by atoms with Crippen LogP contribution in [0.4, 0.5) is 0 Å². The number of nitrogens with zero attached hydrogens (tertiary/aromatic N) is 1. The number of aliphatic carboxylic acids is 1. The summed E-state index contributed by atoms with van der Waals surface area (Å²) in [5.74, 6) is -2.05. The topological polar surface area (TPSA) is 86.7 Å². The summed E-state index contributed by atoms with van der Waals surface area (Å²) in [5, 5.41) is 11.8. The molecule has 0 saturated carbocycles. The van der Waals surface area contributed by atoms with Gasteiger partial charge in [-0.1, -0.05) is 30.3 Å². The summed E-state index contributed by atoms with van der Waals surface area (Å²) in [5.41, 5.74) is 0.512. The Morgan fingerprint density at radius 1 is 1.33 bits per heavy atom. The van der Waals surface area contributed by atoms with Crippen molar-refractivity contribution in [1.82, 2.24) is 10.2 Å². The van der Waals surface area contributed by atoms with Crippen molar-refractivity contribution in [2.24, 2.45) is 5.92 Å². The third kappa shape index (κ3) is 3.59. The van der Waals surface area contributed by atoms with Crippen molar-refractivity contribution in [1.29, 1.82) is 0 Å². The Hall–Kier alpha value is -2.37. The molecule has 0 unspecified atom stereocenters. The fourth-order valence-electron chi connectivity index (χ4n) is 2.36. The molecular formula is C15H18N2O4.